The minimum atomic E-state index is -0.0467. The Kier molecular flexibility index (Phi) is 3.36. The SMILES string of the molecule is CCC1(CC)CCN(CC(O)C2CC2)C1. The fraction of sp³-hybridized carbons (Fsp3) is 1.00. The summed E-state index contributed by atoms with van der Waals surface area (Å²) in [4.78, 5) is 2.48. The highest BCUT2D eigenvalue weighted by atomic mass is 16.3. The van der Waals surface area contributed by atoms with E-state index in [1.165, 1.54) is 45.2 Å². The van der Waals surface area contributed by atoms with E-state index in [0.29, 0.717) is 11.3 Å². The summed E-state index contributed by atoms with van der Waals surface area (Å²) >= 11 is 0. The average Bonchev–Trinajstić information content (AvgIpc) is 3.02. The molecular formula is C13H25NO. The summed E-state index contributed by atoms with van der Waals surface area (Å²) in [6, 6.07) is 0. The van der Waals surface area contributed by atoms with Crippen molar-refractivity contribution < 1.29 is 5.11 Å². The Bertz CT molecular complexity index is 209. The molecule has 1 heterocycles. The van der Waals surface area contributed by atoms with E-state index in [1.807, 2.05) is 0 Å². The van der Waals surface area contributed by atoms with Gasteiger partial charge in [-0.2, -0.15) is 0 Å². The lowest BCUT2D eigenvalue weighted by atomic mass is 9.82. The van der Waals surface area contributed by atoms with Crippen LogP contribution in [-0.4, -0.2) is 35.7 Å². The van der Waals surface area contributed by atoms with Crippen LogP contribution in [-0.2, 0) is 0 Å². The number of aliphatic hydroxyl groups is 1. The van der Waals surface area contributed by atoms with Crippen molar-refractivity contribution >= 4 is 0 Å². The highest BCUT2D eigenvalue weighted by Crippen LogP contribution is 2.38. The van der Waals surface area contributed by atoms with E-state index in [-0.39, 0.29) is 6.10 Å². The first-order valence-corrected chi connectivity index (χ1v) is 6.59. The lowest BCUT2D eigenvalue weighted by molar-refractivity contribution is 0.0988. The Balaban J connectivity index is 1.80. The molecule has 15 heavy (non-hydrogen) atoms. The molecule has 2 rings (SSSR count). The van der Waals surface area contributed by atoms with Gasteiger partial charge in [-0.3, -0.25) is 0 Å². The van der Waals surface area contributed by atoms with E-state index in [9.17, 15) is 5.11 Å². The molecule has 0 radical (unpaired) electrons. The van der Waals surface area contributed by atoms with E-state index >= 15 is 0 Å². The summed E-state index contributed by atoms with van der Waals surface area (Å²) in [5, 5.41) is 9.92. The standard InChI is InChI=1S/C13H25NO/c1-3-13(4-2)7-8-14(10-13)9-12(15)11-5-6-11/h11-12,15H,3-10H2,1-2H3. The predicted octanol–water partition coefficient (Wildman–Crippen LogP) is 2.27. The molecule has 1 N–H and O–H groups in total. The minimum Gasteiger partial charge on any atom is -0.392 e. The molecule has 2 fully saturated rings. The number of rotatable bonds is 5. The van der Waals surface area contributed by atoms with E-state index in [4.69, 9.17) is 0 Å². The van der Waals surface area contributed by atoms with Crippen molar-refractivity contribution in [1.29, 1.82) is 0 Å². The van der Waals surface area contributed by atoms with E-state index in [1.54, 1.807) is 0 Å². The molecule has 1 atom stereocenters. The van der Waals surface area contributed by atoms with Crippen LogP contribution in [0.15, 0.2) is 0 Å². The highest BCUT2D eigenvalue weighted by molar-refractivity contribution is 4.90. The van der Waals surface area contributed by atoms with Gasteiger partial charge in [-0.15, -0.1) is 0 Å². The van der Waals surface area contributed by atoms with Gasteiger partial charge in [0.2, 0.25) is 0 Å². The summed E-state index contributed by atoms with van der Waals surface area (Å²) in [6.07, 6.45) is 6.37. The molecule has 2 aliphatic rings. The van der Waals surface area contributed by atoms with Crippen LogP contribution in [0.1, 0.15) is 46.0 Å². The van der Waals surface area contributed by atoms with Crippen molar-refractivity contribution in [2.24, 2.45) is 11.3 Å². The fourth-order valence-electron chi connectivity index (χ4n) is 2.91. The Morgan fingerprint density at radius 3 is 2.47 bits per heavy atom. The second kappa shape index (κ2) is 4.42. The number of aliphatic hydroxyl groups excluding tert-OH is 1. The van der Waals surface area contributed by atoms with Gasteiger partial charge in [-0.25, -0.2) is 0 Å². The van der Waals surface area contributed by atoms with Crippen LogP contribution < -0.4 is 0 Å². The average molecular weight is 211 g/mol. The molecule has 1 saturated carbocycles. The number of likely N-dealkylation sites (tertiary alicyclic amines) is 1. The molecule has 0 amide bonds. The van der Waals surface area contributed by atoms with Gasteiger partial charge < -0.3 is 10.0 Å². The van der Waals surface area contributed by atoms with Crippen LogP contribution in [0.4, 0.5) is 0 Å². The molecule has 1 aliphatic carbocycles. The quantitative estimate of drug-likeness (QED) is 0.754. The van der Waals surface area contributed by atoms with Crippen molar-refractivity contribution in [2.75, 3.05) is 19.6 Å². The third-order valence-electron chi connectivity index (χ3n) is 4.63. The van der Waals surface area contributed by atoms with Gasteiger partial charge in [0.15, 0.2) is 0 Å². The first-order valence-electron chi connectivity index (χ1n) is 6.59. The van der Waals surface area contributed by atoms with Gasteiger partial charge in [0.1, 0.15) is 0 Å². The molecule has 0 spiro atoms. The fourth-order valence-corrected chi connectivity index (χ4v) is 2.91. The summed E-state index contributed by atoms with van der Waals surface area (Å²) in [5.41, 5.74) is 0.559. The molecule has 88 valence electrons. The highest BCUT2D eigenvalue weighted by Gasteiger charge is 2.37. The lowest BCUT2D eigenvalue weighted by Crippen LogP contribution is -2.33. The van der Waals surface area contributed by atoms with Gasteiger partial charge in [0, 0.05) is 13.1 Å². The maximum Gasteiger partial charge on any atom is 0.0695 e. The van der Waals surface area contributed by atoms with Crippen LogP contribution in [0, 0.1) is 11.3 Å². The summed E-state index contributed by atoms with van der Waals surface area (Å²) in [6.45, 7) is 7.95. The summed E-state index contributed by atoms with van der Waals surface area (Å²) in [7, 11) is 0. The zero-order valence-electron chi connectivity index (χ0n) is 10.2. The second-order valence-corrected chi connectivity index (χ2v) is 5.60. The van der Waals surface area contributed by atoms with Crippen LogP contribution in [0.25, 0.3) is 0 Å². The van der Waals surface area contributed by atoms with E-state index < -0.39 is 0 Å². The third-order valence-corrected chi connectivity index (χ3v) is 4.63. The molecule has 0 aromatic carbocycles. The smallest absolute Gasteiger partial charge is 0.0695 e. The first kappa shape index (κ1) is 11.4. The van der Waals surface area contributed by atoms with Gasteiger partial charge >= 0.3 is 0 Å². The summed E-state index contributed by atoms with van der Waals surface area (Å²) in [5.74, 6) is 0.628. The van der Waals surface area contributed by atoms with Gasteiger partial charge in [-0.05, 0) is 50.0 Å². The zero-order chi connectivity index (χ0) is 10.9. The van der Waals surface area contributed by atoms with Gasteiger partial charge in [-0.1, -0.05) is 13.8 Å². The Morgan fingerprint density at radius 1 is 1.33 bits per heavy atom. The number of hydrogen-bond donors (Lipinski definition) is 1. The van der Waals surface area contributed by atoms with Gasteiger partial charge in [0.25, 0.3) is 0 Å². The molecule has 2 heteroatoms. The van der Waals surface area contributed by atoms with E-state index in [2.05, 4.69) is 18.7 Å². The van der Waals surface area contributed by atoms with Crippen LogP contribution in [0.2, 0.25) is 0 Å². The van der Waals surface area contributed by atoms with Crippen molar-refractivity contribution in [3.8, 4) is 0 Å². The van der Waals surface area contributed by atoms with Gasteiger partial charge in [0.05, 0.1) is 6.10 Å². The molecule has 1 aliphatic heterocycles. The topological polar surface area (TPSA) is 23.5 Å². The monoisotopic (exact) mass is 211 g/mol. The minimum absolute atomic E-state index is 0.0467. The maximum atomic E-state index is 9.92. The van der Waals surface area contributed by atoms with E-state index in [0.717, 1.165) is 6.54 Å². The molecule has 0 aromatic heterocycles. The van der Waals surface area contributed by atoms with Crippen molar-refractivity contribution in [3.63, 3.8) is 0 Å². The van der Waals surface area contributed by atoms with Crippen molar-refractivity contribution in [1.82, 2.24) is 4.90 Å². The molecule has 0 bridgehead atoms. The molecule has 0 aromatic rings. The van der Waals surface area contributed by atoms with Crippen LogP contribution >= 0.6 is 0 Å². The van der Waals surface area contributed by atoms with Crippen molar-refractivity contribution in [3.05, 3.63) is 0 Å². The number of β-amino-alcohol motifs (C(OH)–C–C–N with tert-alkyl or cyclic N) is 1. The third kappa shape index (κ3) is 2.54. The zero-order valence-corrected chi connectivity index (χ0v) is 10.2. The molecule has 2 nitrogen and oxygen atoms in total. The number of hydrogen-bond acceptors (Lipinski definition) is 2. The molecular weight excluding hydrogens is 186 g/mol. The summed E-state index contributed by atoms with van der Waals surface area (Å²) < 4.78 is 0. The maximum absolute atomic E-state index is 9.92. The first-order chi connectivity index (χ1) is 7.19. The number of nitrogens with zero attached hydrogens (tertiary/aromatic N) is 1. The predicted molar refractivity (Wildman–Crippen MR) is 62.8 cm³/mol. The largest absolute Gasteiger partial charge is 0.392 e. The van der Waals surface area contributed by atoms with Crippen LogP contribution in [0.5, 0.6) is 0 Å². The Labute approximate surface area is 93.7 Å². The molecule has 1 saturated heterocycles. The lowest BCUT2D eigenvalue weighted by Gasteiger charge is -2.27. The Morgan fingerprint density at radius 2 is 2.00 bits per heavy atom. The Hall–Kier alpha value is -0.0800. The second-order valence-electron chi connectivity index (χ2n) is 5.60. The van der Waals surface area contributed by atoms with Crippen molar-refractivity contribution in [2.45, 2.75) is 52.1 Å². The normalized spacial score (nSPS) is 28.2. The van der Waals surface area contributed by atoms with Crippen LogP contribution in [0.3, 0.4) is 0 Å². The molecule has 1 unspecified atom stereocenters.